The van der Waals surface area contributed by atoms with E-state index in [1.54, 1.807) is 0 Å². The third-order valence-electron chi connectivity index (χ3n) is 2.88. The van der Waals surface area contributed by atoms with Crippen molar-refractivity contribution in [3.63, 3.8) is 0 Å². The van der Waals surface area contributed by atoms with E-state index in [1.807, 2.05) is 18.8 Å². The van der Waals surface area contributed by atoms with Crippen LogP contribution in [0.3, 0.4) is 0 Å². The second kappa shape index (κ2) is 7.17. The van der Waals surface area contributed by atoms with E-state index in [4.69, 9.17) is 0 Å². The Morgan fingerprint density at radius 3 is 2.28 bits per heavy atom. The Labute approximate surface area is 116 Å². The van der Waals surface area contributed by atoms with Crippen LogP contribution in [0, 0.1) is 0 Å². The first-order valence-electron chi connectivity index (χ1n) is 6.58. The monoisotopic (exact) mass is 266 g/mol. The minimum absolute atomic E-state index is 0.165. The molecular formula is C15H26N2S. The van der Waals surface area contributed by atoms with Crippen LogP contribution in [0.2, 0.25) is 0 Å². The number of benzene rings is 1. The molecule has 0 aliphatic heterocycles. The zero-order valence-corrected chi connectivity index (χ0v) is 13.0. The first kappa shape index (κ1) is 15.5. The highest BCUT2D eigenvalue weighted by Crippen LogP contribution is 2.27. The van der Waals surface area contributed by atoms with E-state index in [1.165, 1.54) is 10.5 Å². The number of rotatable bonds is 7. The lowest BCUT2D eigenvalue weighted by Crippen LogP contribution is -2.37. The van der Waals surface area contributed by atoms with Crippen molar-refractivity contribution in [1.29, 1.82) is 0 Å². The molecule has 0 saturated heterocycles. The van der Waals surface area contributed by atoms with Gasteiger partial charge >= 0.3 is 0 Å². The molecule has 1 aromatic carbocycles. The summed E-state index contributed by atoms with van der Waals surface area (Å²) in [5, 5.41) is 7.15. The summed E-state index contributed by atoms with van der Waals surface area (Å²) in [5.74, 6) is 0. The molecule has 0 bridgehead atoms. The number of nitrogens with one attached hydrogen (secondary N) is 2. The Morgan fingerprint density at radius 2 is 1.78 bits per heavy atom. The highest BCUT2D eigenvalue weighted by Gasteiger charge is 2.19. The maximum Gasteiger partial charge on any atom is 0.0452 e. The summed E-state index contributed by atoms with van der Waals surface area (Å²) in [4.78, 5) is 1.35. The second-order valence-electron chi connectivity index (χ2n) is 5.53. The van der Waals surface area contributed by atoms with Crippen LogP contribution in [0.15, 0.2) is 29.2 Å². The van der Waals surface area contributed by atoms with E-state index in [-0.39, 0.29) is 5.41 Å². The molecule has 0 fully saturated rings. The summed E-state index contributed by atoms with van der Waals surface area (Å²) in [6.07, 6.45) is 0. The highest BCUT2D eigenvalue weighted by molar-refractivity contribution is 7.99. The van der Waals surface area contributed by atoms with Gasteiger partial charge in [0.25, 0.3) is 0 Å². The van der Waals surface area contributed by atoms with Crippen LogP contribution in [-0.4, -0.2) is 25.5 Å². The molecule has 0 aliphatic carbocycles. The molecule has 0 amide bonds. The van der Waals surface area contributed by atoms with Gasteiger partial charge < -0.3 is 10.6 Å². The van der Waals surface area contributed by atoms with Crippen molar-refractivity contribution < 1.29 is 0 Å². The topological polar surface area (TPSA) is 24.1 Å². The Balaban J connectivity index is 2.65. The molecule has 0 spiro atoms. The van der Waals surface area contributed by atoms with Crippen LogP contribution < -0.4 is 10.6 Å². The van der Waals surface area contributed by atoms with Gasteiger partial charge in [0.05, 0.1) is 0 Å². The van der Waals surface area contributed by atoms with Gasteiger partial charge in [0, 0.05) is 28.8 Å². The van der Waals surface area contributed by atoms with Gasteiger partial charge in [-0.2, -0.15) is 0 Å². The highest BCUT2D eigenvalue weighted by atomic mass is 32.2. The van der Waals surface area contributed by atoms with E-state index < -0.39 is 0 Å². The van der Waals surface area contributed by atoms with Crippen LogP contribution in [-0.2, 0) is 5.41 Å². The normalized spacial score (nSPS) is 12.1. The Hall–Kier alpha value is -0.510. The quantitative estimate of drug-likeness (QED) is 0.450. The fourth-order valence-electron chi connectivity index (χ4n) is 1.86. The van der Waals surface area contributed by atoms with Crippen LogP contribution in [0.1, 0.15) is 33.3 Å². The zero-order valence-electron chi connectivity index (χ0n) is 12.2. The van der Waals surface area contributed by atoms with E-state index in [0.717, 1.165) is 13.2 Å². The van der Waals surface area contributed by atoms with E-state index in [0.29, 0.717) is 5.25 Å². The van der Waals surface area contributed by atoms with Gasteiger partial charge in [-0.05, 0) is 24.7 Å². The third-order valence-corrected chi connectivity index (χ3v) is 3.89. The van der Waals surface area contributed by atoms with Crippen LogP contribution in [0.5, 0.6) is 0 Å². The molecule has 2 nitrogen and oxygen atoms in total. The van der Waals surface area contributed by atoms with E-state index in [9.17, 15) is 0 Å². The fraction of sp³-hybridized carbons (Fsp3) is 0.600. The summed E-state index contributed by atoms with van der Waals surface area (Å²) in [6, 6.07) is 8.98. The predicted molar refractivity (Wildman–Crippen MR) is 82.4 cm³/mol. The molecule has 102 valence electrons. The fourth-order valence-corrected chi connectivity index (χ4v) is 2.70. The largest absolute Gasteiger partial charge is 0.308 e. The van der Waals surface area contributed by atoms with Crippen molar-refractivity contribution in [3.8, 4) is 0 Å². The van der Waals surface area contributed by atoms with Crippen molar-refractivity contribution in [3.05, 3.63) is 29.8 Å². The summed E-state index contributed by atoms with van der Waals surface area (Å²) in [5.41, 5.74) is 1.55. The SMILES string of the molecule is CNCNCC(C)(C)c1ccc(SC(C)C)cc1. The summed E-state index contributed by atoms with van der Waals surface area (Å²) in [6.45, 7) is 10.8. The van der Waals surface area contributed by atoms with Gasteiger partial charge in [0.2, 0.25) is 0 Å². The van der Waals surface area contributed by atoms with Crippen molar-refractivity contribution in [2.24, 2.45) is 0 Å². The van der Waals surface area contributed by atoms with Crippen LogP contribution >= 0.6 is 11.8 Å². The molecule has 1 aromatic rings. The first-order chi connectivity index (χ1) is 8.45. The van der Waals surface area contributed by atoms with Gasteiger partial charge in [-0.3, -0.25) is 0 Å². The molecule has 0 unspecified atom stereocenters. The summed E-state index contributed by atoms with van der Waals surface area (Å²) in [7, 11) is 1.96. The Bertz CT molecular complexity index is 344. The molecule has 0 aromatic heterocycles. The zero-order chi connectivity index (χ0) is 13.6. The molecule has 18 heavy (non-hydrogen) atoms. The molecule has 0 atom stereocenters. The van der Waals surface area contributed by atoms with E-state index >= 15 is 0 Å². The average Bonchev–Trinajstić information content (AvgIpc) is 2.29. The molecule has 1 rings (SSSR count). The van der Waals surface area contributed by atoms with Crippen molar-refractivity contribution >= 4 is 11.8 Å². The van der Waals surface area contributed by atoms with Crippen molar-refractivity contribution in [1.82, 2.24) is 10.6 Å². The van der Waals surface area contributed by atoms with Crippen molar-refractivity contribution in [2.45, 2.75) is 43.3 Å². The Kier molecular flexibility index (Phi) is 6.19. The maximum atomic E-state index is 3.40. The van der Waals surface area contributed by atoms with Gasteiger partial charge in [-0.1, -0.05) is 39.8 Å². The molecule has 0 saturated carbocycles. The summed E-state index contributed by atoms with van der Waals surface area (Å²) >= 11 is 1.91. The van der Waals surface area contributed by atoms with Crippen LogP contribution in [0.25, 0.3) is 0 Å². The lowest BCUT2D eigenvalue weighted by Gasteiger charge is -2.26. The van der Waals surface area contributed by atoms with Gasteiger partial charge in [-0.25, -0.2) is 0 Å². The summed E-state index contributed by atoms with van der Waals surface area (Å²) < 4.78 is 0. The molecule has 0 aliphatic rings. The lowest BCUT2D eigenvalue weighted by atomic mass is 9.85. The minimum Gasteiger partial charge on any atom is -0.308 e. The second-order valence-corrected chi connectivity index (χ2v) is 7.18. The van der Waals surface area contributed by atoms with Gasteiger partial charge in [0.1, 0.15) is 0 Å². The molecule has 0 radical (unpaired) electrons. The standard InChI is InChI=1S/C15H26N2S/c1-12(2)18-14-8-6-13(7-9-14)15(3,4)10-17-11-16-5/h6-9,12,16-17H,10-11H2,1-5H3. The Morgan fingerprint density at radius 1 is 1.17 bits per heavy atom. The minimum atomic E-state index is 0.165. The molecular weight excluding hydrogens is 240 g/mol. The molecule has 0 heterocycles. The number of hydrogen-bond donors (Lipinski definition) is 2. The maximum absolute atomic E-state index is 3.40. The third kappa shape index (κ3) is 5.01. The lowest BCUT2D eigenvalue weighted by molar-refractivity contribution is 0.460. The predicted octanol–water partition coefficient (Wildman–Crippen LogP) is 3.23. The number of thioether (sulfide) groups is 1. The molecule has 2 N–H and O–H groups in total. The van der Waals surface area contributed by atoms with Crippen molar-refractivity contribution in [2.75, 3.05) is 20.3 Å². The van der Waals surface area contributed by atoms with Crippen LogP contribution in [0.4, 0.5) is 0 Å². The van der Waals surface area contributed by atoms with E-state index in [2.05, 4.69) is 62.6 Å². The van der Waals surface area contributed by atoms with Gasteiger partial charge in [-0.15, -0.1) is 11.8 Å². The molecule has 3 heteroatoms. The number of hydrogen-bond acceptors (Lipinski definition) is 3. The average molecular weight is 266 g/mol. The smallest absolute Gasteiger partial charge is 0.0452 e. The van der Waals surface area contributed by atoms with Gasteiger partial charge in [0.15, 0.2) is 0 Å². The first-order valence-corrected chi connectivity index (χ1v) is 7.46.